The van der Waals surface area contributed by atoms with Gasteiger partial charge in [-0.25, -0.2) is 4.68 Å². The van der Waals surface area contributed by atoms with Gasteiger partial charge >= 0.3 is 5.97 Å². The molecule has 0 bridgehead atoms. The van der Waals surface area contributed by atoms with Crippen LogP contribution in [0, 0.1) is 24.0 Å². The summed E-state index contributed by atoms with van der Waals surface area (Å²) in [5, 5.41) is 17.7. The number of aromatic nitrogens is 2. The third-order valence-electron chi connectivity index (χ3n) is 3.27. The van der Waals surface area contributed by atoms with Crippen molar-refractivity contribution < 1.29 is 19.2 Å². The average Bonchev–Trinajstić information content (AvgIpc) is 2.81. The molecule has 0 radical (unpaired) electrons. The summed E-state index contributed by atoms with van der Waals surface area (Å²) >= 11 is 0. The van der Waals surface area contributed by atoms with E-state index in [1.165, 1.54) is 19.1 Å². The van der Waals surface area contributed by atoms with E-state index in [1.807, 2.05) is 0 Å². The van der Waals surface area contributed by atoms with E-state index >= 15 is 0 Å². The van der Waals surface area contributed by atoms with E-state index in [0.717, 1.165) is 0 Å². The first kappa shape index (κ1) is 17.1. The van der Waals surface area contributed by atoms with Crippen molar-refractivity contribution in [3.63, 3.8) is 0 Å². The Kier molecular flexibility index (Phi) is 4.93. The topological polar surface area (TPSA) is 116 Å². The van der Waals surface area contributed by atoms with Gasteiger partial charge in [-0.2, -0.15) is 5.10 Å². The molecule has 1 N–H and O–H groups in total. The van der Waals surface area contributed by atoms with Gasteiger partial charge in [0, 0.05) is 19.1 Å². The Bertz CT molecular complexity index is 795. The minimum absolute atomic E-state index is 0.0183. The number of rotatable bonds is 5. The standard InChI is InChI=1S/C15H16N4O5/c1-9-15(16-14(21)8-24-11(3)20)10(2)18(17-9)12-4-6-13(7-5-12)19(22)23/h4-7H,8H2,1-3H3,(H,16,21). The molecule has 24 heavy (non-hydrogen) atoms. The number of ether oxygens (including phenoxy) is 1. The fraction of sp³-hybridized carbons (Fsp3) is 0.267. The molecule has 0 aliphatic rings. The first-order chi connectivity index (χ1) is 11.3. The molecule has 0 unspecified atom stereocenters. The minimum Gasteiger partial charge on any atom is -0.456 e. The van der Waals surface area contributed by atoms with Crippen molar-refractivity contribution in [2.75, 3.05) is 11.9 Å². The summed E-state index contributed by atoms with van der Waals surface area (Å²) in [6.07, 6.45) is 0. The zero-order valence-electron chi connectivity index (χ0n) is 13.4. The van der Waals surface area contributed by atoms with Gasteiger partial charge in [0.1, 0.15) is 0 Å². The maximum Gasteiger partial charge on any atom is 0.303 e. The maximum absolute atomic E-state index is 11.8. The van der Waals surface area contributed by atoms with Gasteiger partial charge in [-0.3, -0.25) is 19.7 Å². The van der Waals surface area contributed by atoms with Crippen LogP contribution >= 0.6 is 0 Å². The highest BCUT2D eigenvalue weighted by atomic mass is 16.6. The number of esters is 1. The first-order valence-corrected chi connectivity index (χ1v) is 7.04. The quantitative estimate of drug-likeness (QED) is 0.508. The van der Waals surface area contributed by atoms with E-state index in [1.54, 1.807) is 30.7 Å². The number of amides is 1. The van der Waals surface area contributed by atoms with Crippen LogP contribution in [0.1, 0.15) is 18.3 Å². The molecular weight excluding hydrogens is 316 g/mol. The summed E-state index contributed by atoms with van der Waals surface area (Å²) in [6, 6.07) is 5.90. The van der Waals surface area contributed by atoms with Crippen LogP contribution in [0.4, 0.5) is 11.4 Å². The Balaban J connectivity index is 2.23. The monoisotopic (exact) mass is 332 g/mol. The predicted molar refractivity (Wildman–Crippen MR) is 85.0 cm³/mol. The highest BCUT2D eigenvalue weighted by molar-refractivity contribution is 5.93. The Morgan fingerprint density at radius 3 is 2.46 bits per heavy atom. The maximum atomic E-state index is 11.8. The Hall–Kier alpha value is -3.23. The number of nitro benzene ring substituents is 1. The number of carbonyl (C=O) groups excluding carboxylic acids is 2. The molecule has 1 aromatic carbocycles. The number of benzene rings is 1. The van der Waals surface area contributed by atoms with Crippen LogP contribution in [0.25, 0.3) is 5.69 Å². The van der Waals surface area contributed by atoms with Gasteiger partial charge in [-0.05, 0) is 26.0 Å². The van der Waals surface area contributed by atoms with Gasteiger partial charge in [0.05, 0.1) is 27.7 Å². The minimum atomic E-state index is -0.542. The van der Waals surface area contributed by atoms with Crippen LogP contribution in [0.15, 0.2) is 24.3 Å². The van der Waals surface area contributed by atoms with Crippen molar-refractivity contribution in [1.82, 2.24) is 9.78 Å². The lowest BCUT2D eigenvalue weighted by Gasteiger charge is -2.07. The lowest BCUT2D eigenvalue weighted by atomic mass is 10.2. The van der Waals surface area contributed by atoms with Gasteiger partial charge in [0.15, 0.2) is 6.61 Å². The number of hydrogen-bond acceptors (Lipinski definition) is 6. The largest absolute Gasteiger partial charge is 0.456 e. The molecule has 0 aliphatic heterocycles. The van der Waals surface area contributed by atoms with E-state index in [0.29, 0.717) is 22.8 Å². The van der Waals surface area contributed by atoms with Crippen molar-refractivity contribution in [2.24, 2.45) is 0 Å². The van der Waals surface area contributed by atoms with E-state index in [4.69, 9.17) is 0 Å². The van der Waals surface area contributed by atoms with Crippen molar-refractivity contribution in [1.29, 1.82) is 0 Å². The predicted octanol–water partition coefficient (Wildman–Crippen LogP) is 1.90. The number of non-ortho nitro benzene ring substituents is 1. The normalized spacial score (nSPS) is 10.3. The van der Waals surface area contributed by atoms with Crippen molar-refractivity contribution >= 4 is 23.3 Å². The molecule has 0 aliphatic carbocycles. The number of nitro groups is 1. The lowest BCUT2D eigenvalue weighted by molar-refractivity contribution is -0.384. The van der Waals surface area contributed by atoms with E-state index in [-0.39, 0.29) is 12.3 Å². The number of hydrogen-bond donors (Lipinski definition) is 1. The highest BCUT2D eigenvalue weighted by Crippen LogP contribution is 2.24. The molecule has 0 spiro atoms. The second-order valence-corrected chi connectivity index (χ2v) is 5.06. The Morgan fingerprint density at radius 2 is 1.92 bits per heavy atom. The average molecular weight is 332 g/mol. The van der Waals surface area contributed by atoms with E-state index in [2.05, 4.69) is 15.2 Å². The molecule has 1 aromatic heterocycles. The van der Waals surface area contributed by atoms with Crippen LogP contribution in [-0.2, 0) is 14.3 Å². The molecule has 0 saturated heterocycles. The third-order valence-corrected chi connectivity index (χ3v) is 3.27. The number of aryl methyl sites for hydroxylation is 1. The smallest absolute Gasteiger partial charge is 0.303 e. The van der Waals surface area contributed by atoms with Crippen LogP contribution in [0.2, 0.25) is 0 Å². The fourth-order valence-electron chi connectivity index (χ4n) is 2.13. The Morgan fingerprint density at radius 1 is 1.29 bits per heavy atom. The zero-order valence-corrected chi connectivity index (χ0v) is 13.4. The summed E-state index contributed by atoms with van der Waals surface area (Å²) in [6.45, 7) is 4.31. The molecule has 2 aromatic rings. The van der Waals surface area contributed by atoms with E-state index in [9.17, 15) is 19.7 Å². The summed E-state index contributed by atoms with van der Waals surface area (Å²) in [5.41, 5.74) is 2.34. The number of nitrogens with zero attached hydrogens (tertiary/aromatic N) is 3. The van der Waals surface area contributed by atoms with Crippen molar-refractivity contribution in [3.05, 3.63) is 45.8 Å². The summed E-state index contributed by atoms with van der Waals surface area (Å²) in [5.74, 6) is -1.01. The molecule has 0 atom stereocenters. The van der Waals surface area contributed by atoms with Gasteiger partial charge in [0.25, 0.3) is 11.6 Å². The van der Waals surface area contributed by atoms with Gasteiger partial charge in [-0.1, -0.05) is 0 Å². The third kappa shape index (κ3) is 3.75. The van der Waals surface area contributed by atoms with Crippen LogP contribution in [0.5, 0.6) is 0 Å². The number of carbonyl (C=O) groups is 2. The highest BCUT2D eigenvalue weighted by Gasteiger charge is 2.16. The van der Waals surface area contributed by atoms with Crippen LogP contribution in [-0.4, -0.2) is 33.2 Å². The lowest BCUT2D eigenvalue weighted by Crippen LogP contribution is -2.20. The first-order valence-electron chi connectivity index (χ1n) is 7.04. The molecule has 0 saturated carbocycles. The second kappa shape index (κ2) is 6.90. The van der Waals surface area contributed by atoms with Gasteiger partial charge in [-0.15, -0.1) is 0 Å². The Labute approximate surface area is 137 Å². The van der Waals surface area contributed by atoms with Crippen molar-refractivity contribution in [3.8, 4) is 5.69 Å². The second-order valence-electron chi connectivity index (χ2n) is 5.06. The summed E-state index contributed by atoms with van der Waals surface area (Å²) in [7, 11) is 0. The molecule has 126 valence electrons. The molecule has 9 nitrogen and oxygen atoms in total. The molecule has 1 amide bonds. The molecule has 0 fully saturated rings. The molecule has 1 heterocycles. The number of nitrogens with one attached hydrogen (secondary N) is 1. The molecule has 9 heteroatoms. The number of anilines is 1. The van der Waals surface area contributed by atoms with Crippen LogP contribution in [0.3, 0.4) is 0 Å². The van der Waals surface area contributed by atoms with Crippen molar-refractivity contribution in [2.45, 2.75) is 20.8 Å². The van der Waals surface area contributed by atoms with Crippen LogP contribution < -0.4 is 5.32 Å². The summed E-state index contributed by atoms with van der Waals surface area (Å²) < 4.78 is 6.21. The SMILES string of the molecule is CC(=O)OCC(=O)Nc1c(C)nn(-c2ccc([N+](=O)[O-])cc2)c1C. The fourth-order valence-corrected chi connectivity index (χ4v) is 2.13. The molecule has 2 rings (SSSR count). The van der Waals surface area contributed by atoms with E-state index < -0.39 is 16.8 Å². The zero-order chi connectivity index (χ0) is 17.9. The molecular formula is C15H16N4O5. The van der Waals surface area contributed by atoms with Gasteiger partial charge < -0.3 is 10.1 Å². The summed E-state index contributed by atoms with van der Waals surface area (Å²) in [4.78, 5) is 32.7. The van der Waals surface area contributed by atoms with Gasteiger partial charge in [0.2, 0.25) is 0 Å².